The molecule has 0 unspecified atom stereocenters. The van der Waals surface area contributed by atoms with E-state index in [1.165, 1.54) is 13.3 Å². The third kappa shape index (κ3) is 4.82. The number of nitrogens with zero attached hydrogens (tertiary/aromatic N) is 1. The molecule has 1 aromatic heterocycles. The SMILES string of the molecule is CNC(=O)NC(=O)CN1CCC(NC(=O)c2occc2C)CC1. The van der Waals surface area contributed by atoms with Crippen LogP contribution in [0.25, 0.3) is 0 Å². The number of carbonyl (C=O) groups excluding carboxylic acids is 3. The van der Waals surface area contributed by atoms with Crippen LogP contribution in [0.4, 0.5) is 4.79 Å². The largest absolute Gasteiger partial charge is 0.459 e. The van der Waals surface area contributed by atoms with Crippen LogP contribution in [0.15, 0.2) is 16.7 Å². The first kappa shape index (κ1) is 17.0. The van der Waals surface area contributed by atoms with Gasteiger partial charge in [0.25, 0.3) is 5.91 Å². The van der Waals surface area contributed by atoms with E-state index in [0.717, 1.165) is 18.4 Å². The molecule has 1 saturated heterocycles. The third-order valence-electron chi connectivity index (χ3n) is 3.84. The lowest BCUT2D eigenvalue weighted by Gasteiger charge is -2.31. The molecule has 3 N–H and O–H groups in total. The van der Waals surface area contributed by atoms with Gasteiger partial charge in [-0.1, -0.05) is 0 Å². The van der Waals surface area contributed by atoms with E-state index in [9.17, 15) is 14.4 Å². The summed E-state index contributed by atoms with van der Waals surface area (Å²) in [7, 11) is 1.46. The van der Waals surface area contributed by atoms with Crippen LogP contribution in [0, 0.1) is 6.92 Å². The Morgan fingerprint density at radius 2 is 2.00 bits per heavy atom. The first-order valence-corrected chi connectivity index (χ1v) is 7.58. The lowest BCUT2D eigenvalue weighted by atomic mass is 10.0. The van der Waals surface area contributed by atoms with E-state index in [1.54, 1.807) is 6.07 Å². The summed E-state index contributed by atoms with van der Waals surface area (Å²) in [6.07, 6.45) is 3.00. The van der Waals surface area contributed by atoms with Crippen LogP contribution in [-0.2, 0) is 4.79 Å². The normalized spacial score (nSPS) is 15.9. The number of imide groups is 1. The molecule has 1 aromatic rings. The van der Waals surface area contributed by atoms with Crippen LogP contribution >= 0.6 is 0 Å². The van der Waals surface area contributed by atoms with Crippen LogP contribution in [-0.4, -0.2) is 55.5 Å². The van der Waals surface area contributed by atoms with Crippen molar-refractivity contribution < 1.29 is 18.8 Å². The van der Waals surface area contributed by atoms with Crippen LogP contribution < -0.4 is 16.0 Å². The quantitative estimate of drug-likeness (QED) is 0.736. The summed E-state index contributed by atoms with van der Waals surface area (Å²) in [5.74, 6) is -0.196. The lowest BCUT2D eigenvalue weighted by molar-refractivity contribution is -0.121. The molecule has 8 nitrogen and oxygen atoms in total. The fraction of sp³-hybridized carbons (Fsp3) is 0.533. The number of urea groups is 1. The van der Waals surface area contributed by atoms with Crippen molar-refractivity contribution in [1.29, 1.82) is 0 Å². The molecular weight excluding hydrogens is 300 g/mol. The zero-order chi connectivity index (χ0) is 16.8. The van der Waals surface area contributed by atoms with Crippen LogP contribution in [0.1, 0.15) is 29.0 Å². The lowest BCUT2D eigenvalue weighted by Crippen LogP contribution is -2.49. The molecule has 2 heterocycles. The molecule has 126 valence electrons. The van der Waals surface area contributed by atoms with Crippen molar-refractivity contribution in [3.05, 3.63) is 23.7 Å². The van der Waals surface area contributed by atoms with Crippen LogP contribution in [0.5, 0.6) is 0 Å². The van der Waals surface area contributed by atoms with E-state index in [4.69, 9.17) is 4.42 Å². The van der Waals surface area contributed by atoms with E-state index in [2.05, 4.69) is 16.0 Å². The predicted molar refractivity (Wildman–Crippen MR) is 83.0 cm³/mol. The second-order valence-electron chi connectivity index (χ2n) is 5.58. The number of rotatable bonds is 4. The smallest absolute Gasteiger partial charge is 0.321 e. The Labute approximate surface area is 134 Å². The monoisotopic (exact) mass is 322 g/mol. The van der Waals surface area contributed by atoms with Gasteiger partial charge in [-0.3, -0.25) is 19.8 Å². The van der Waals surface area contributed by atoms with Gasteiger partial charge in [0.05, 0.1) is 12.8 Å². The Kier molecular flexibility index (Phi) is 5.75. The van der Waals surface area contributed by atoms with Gasteiger partial charge in [0.15, 0.2) is 5.76 Å². The third-order valence-corrected chi connectivity index (χ3v) is 3.84. The number of amides is 4. The Hall–Kier alpha value is -2.35. The van der Waals surface area contributed by atoms with Crippen molar-refractivity contribution in [2.75, 3.05) is 26.7 Å². The molecule has 0 radical (unpaired) electrons. The predicted octanol–water partition coefficient (Wildman–Crippen LogP) is 0.238. The number of hydrogen-bond acceptors (Lipinski definition) is 5. The summed E-state index contributed by atoms with van der Waals surface area (Å²) in [4.78, 5) is 36.7. The number of carbonyl (C=O) groups is 3. The number of aryl methyl sites for hydroxylation is 1. The maximum absolute atomic E-state index is 12.1. The van der Waals surface area contributed by atoms with E-state index in [-0.39, 0.29) is 24.4 Å². The van der Waals surface area contributed by atoms with Crippen LogP contribution in [0.3, 0.4) is 0 Å². The van der Waals surface area contributed by atoms with Gasteiger partial charge in [-0.05, 0) is 25.8 Å². The van der Waals surface area contributed by atoms with E-state index >= 15 is 0 Å². The number of furan rings is 1. The molecule has 0 spiro atoms. The molecule has 1 aliphatic heterocycles. The zero-order valence-corrected chi connectivity index (χ0v) is 13.3. The molecule has 4 amide bonds. The standard InChI is InChI=1S/C15H22N4O4/c1-10-5-8-23-13(10)14(21)17-11-3-6-19(7-4-11)9-12(20)18-15(22)16-2/h5,8,11H,3-4,6-7,9H2,1-2H3,(H,17,21)(H2,16,18,20,22). The second kappa shape index (κ2) is 7.77. The Balaban J connectivity index is 1.74. The number of nitrogens with one attached hydrogen (secondary N) is 3. The number of piperidine rings is 1. The Morgan fingerprint density at radius 1 is 1.30 bits per heavy atom. The summed E-state index contributed by atoms with van der Waals surface area (Å²) in [6.45, 7) is 3.37. The molecule has 0 aromatic carbocycles. The van der Waals surface area contributed by atoms with E-state index in [0.29, 0.717) is 18.8 Å². The molecule has 0 aliphatic carbocycles. The molecule has 23 heavy (non-hydrogen) atoms. The highest BCUT2D eigenvalue weighted by molar-refractivity contribution is 5.95. The first-order valence-electron chi connectivity index (χ1n) is 7.58. The van der Waals surface area contributed by atoms with Crippen molar-refractivity contribution in [1.82, 2.24) is 20.9 Å². The highest BCUT2D eigenvalue weighted by Gasteiger charge is 2.24. The molecule has 1 fully saturated rings. The van der Waals surface area contributed by atoms with Gasteiger partial charge in [-0.25, -0.2) is 4.79 Å². The minimum absolute atomic E-state index is 0.0604. The zero-order valence-electron chi connectivity index (χ0n) is 13.3. The highest BCUT2D eigenvalue weighted by Crippen LogP contribution is 2.13. The van der Waals surface area contributed by atoms with Crippen molar-refractivity contribution in [3.8, 4) is 0 Å². The maximum Gasteiger partial charge on any atom is 0.321 e. The van der Waals surface area contributed by atoms with Gasteiger partial charge < -0.3 is 15.1 Å². The van der Waals surface area contributed by atoms with Gasteiger partial charge in [-0.15, -0.1) is 0 Å². The molecule has 1 aliphatic rings. The van der Waals surface area contributed by atoms with E-state index < -0.39 is 6.03 Å². The Bertz CT molecular complexity index is 576. The van der Waals surface area contributed by atoms with Gasteiger partial charge >= 0.3 is 6.03 Å². The summed E-state index contributed by atoms with van der Waals surface area (Å²) >= 11 is 0. The van der Waals surface area contributed by atoms with Crippen molar-refractivity contribution in [2.24, 2.45) is 0 Å². The Morgan fingerprint density at radius 3 is 2.57 bits per heavy atom. The summed E-state index contributed by atoms with van der Waals surface area (Å²) in [5.41, 5.74) is 0.811. The van der Waals surface area contributed by atoms with E-state index in [1.807, 2.05) is 11.8 Å². The summed E-state index contributed by atoms with van der Waals surface area (Å²) in [5, 5.41) is 7.52. The minimum atomic E-state index is -0.508. The summed E-state index contributed by atoms with van der Waals surface area (Å²) in [6, 6.07) is 1.30. The topological polar surface area (TPSA) is 104 Å². The van der Waals surface area contributed by atoms with Crippen molar-refractivity contribution >= 4 is 17.8 Å². The number of hydrogen-bond donors (Lipinski definition) is 3. The average molecular weight is 322 g/mol. The molecule has 0 bridgehead atoms. The van der Waals surface area contributed by atoms with Crippen LogP contribution in [0.2, 0.25) is 0 Å². The molecule has 0 saturated carbocycles. The van der Waals surface area contributed by atoms with Gasteiger partial charge in [0.1, 0.15) is 0 Å². The second-order valence-corrected chi connectivity index (χ2v) is 5.58. The first-order chi connectivity index (χ1) is 11.0. The van der Waals surface area contributed by atoms with Gasteiger partial charge in [-0.2, -0.15) is 0 Å². The minimum Gasteiger partial charge on any atom is -0.459 e. The fourth-order valence-corrected chi connectivity index (χ4v) is 2.52. The maximum atomic E-state index is 12.1. The highest BCUT2D eigenvalue weighted by atomic mass is 16.3. The molecule has 2 rings (SSSR count). The number of likely N-dealkylation sites (tertiary alicyclic amines) is 1. The van der Waals surface area contributed by atoms with Gasteiger partial charge in [0, 0.05) is 31.7 Å². The molecular formula is C15H22N4O4. The summed E-state index contributed by atoms with van der Waals surface area (Å²) < 4.78 is 5.18. The van der Waals surface area contributed by atoms with Gasteiger partial charge in [0.2, 0.25) is 5.91 Å². The van der Waals surface area contributed by atoms with Crippen molar-refractivity contribution in [3.63, 3.8) is 0 Å². The fourth-order valence-electron chi connectivity index (χ4n) is 2.52. The average Bonchev–Trinajstić information content (AvgIpc) is 2.95. The molecule has 8 heteroatoms. The molecule has 0 atom stereocenters. The van der Waals surface area contributed by atoms with Crippen molar-refractivity contribution in [2.45, 2.75) is 25.8 Å².